The van der Waals surface area contributed by atoms with E-state index in [9.17, 15) is 31.5 Å². The summed E-state index contributed by atoms with van der Waals surface area (Å²) < 4.78 is 66.3. The number of imide groups is 1. The summed E-state index contributed by atoms with van der Waals surface area (Å²) in [5.41, 5.74) is -0.566. The number of nitrogens with zero attached hydrogens (tertiary/aromatic N) is 1. The number of hydrogen-bond acceptors (Lipinski definition) is 4. The molecule has 6 nitrogen and oxygen atoms in total. The van der Waals surface area contributed by atoms with Crippen molar-refractivity contribution in [3.05, 3.63) is 101 Å². The summed E-state index contributed by atoms with van der Waals surface area (Å²) in [5, 5.41) is 8.12. The van der Waals surface area contributed by atoms with Gasteiger partial charge in [0.2, 0.25) is 0 Å². The van der Waals surface area contributed by atoms with Gasteiger partial charge in [-0.25, -0.2) is 13.6 Å². The zero-order chi connectivity index (χ0) is 27.2. The lowest BCUT2D eigenvalue weighted by atomic mass is 10.00. The van der Waals surface area contributed by atoms with Gasteiger partial charge in [-0.2, -0.15) is 13.2 Å². The molecule has 37 heavy (non-hydrogen) atoms. The normalized spacial score (nSPS) is 12.4. The molecule has 0 aliphatic carbocycles. The quantitative estimate of drug-likeness (QED) is 0.207. The third-order valence-corrected chi connectivity index (χ3v) is 4.95. The summed E-state index contributed by atoms with van der Waals surface area (Å²) in [7, 11) is 0. The van der Waals surface area contributed by atoms with Crippen LogP contribution in [-0.4, -0.2) is 18.2 Å². The fraction of sp³-hybridized carbons (Fsp3) is 0.192. The summed E-state index contributed by atoms with van der Waals surface area (Å²) in [6, 6.07) is 12.3. The van der Waals surface area contributed by atoms with Crippen molar-refractivity contribution in [3.8, 4) is 0 Å². The number of urea groups is 1. The monoisotopic (exact) mass is 519 g/mol. The number of alkyl halides is 3. The fourth-order valence-corrected chi connectivity index (χ4v) is 3.16. The molecule has 3 aromatic rings. The van der Waals surface area contributed by atoms with Crippen molar-refractivity contribution in [2.45, 2.75) is 26.1 Å². The number of carbonyl (C=O) groups is 2. The molecule has 0 aliphatic rings. The van der Waals surface area contributed by atoms with Gasteiger partial charge in [0.1, 0.15) is 17.2 Å². The third-order valence-electron chi connectivity index (χ3n) is 4.95. The first-order valence-electron chi connectivity index (χ1n) is 11.0. The molecule has 0 aromatic heterocycles. The van der Waals surface area contributed by atoms with Gasteiger partial charge in [-0.1, -0.05) is 49.3 Å². The Bertz CT molecular complexity index is 1250. The highest BCUT2D eigenvalue weighted by molar-refractivity contribution is 6.08. The summed E-state index contributed by atoms with van der Waals surface area (Å²) in [4.78, 5) is 29.8. The van der Waals surface area contributed by atoms with E-state index < -0.39 is 47.0 Å². The van der Waals surface area contributed by atoms with Gasteiger partial charge in [-0.3, -0.25) is 10.1 Å². The number of anilines is 1. The minimum absolute atomic E-state index is 0.0684. The summed E-state index contributed by atoms with van der Waals surface area (Å²) >= 11 is 0. The Hall–Kier alpha value is -4.28. The minimum atomic E-state index is -4.49. The van der Waals surface area contributed by atoms with E-state index in [0.29, 0.717) is 11.1 Å². The van der Waals surface area contributed by atoms with Crippen molar-refractivity contribution in [1.82, 2.24) is 5.32 Å². The maximum atomic E-state index is 13.7. The maximum Gasteiger partial charge on any atom is 0.416 e. The minimum Gasteiger partial charge on any atom is -0.383 e. The second kappa shape index (κ2) is 11.6. The van der Waals surface area contributed by atoms with Crippen LogP contribution in [0.5, 0.6) is 0 Å². The Morgan fingerprint density at radius 1 is 0.892 bits per heavy atom. The van der Waals surface area contributed by atoms with Crippen molar-refractivity contribution < 1.29 is 36.4 Å². The summed E-state index contributed by atoms with van der Waals surface area (Å²) in [6.07, 6.45) is -3.81. The highest BCUT2D eigenvalue weighted by atomic mass is 19.4. The molecule has 194 valence electrons. The first-order chi connectivity index (χ1) is 17.5. The maximum absolute atomic E-state index is 13.7. The number of hydrogen-bond donors (Lipinski definition) is 2. The van der Waals surface area contributed by atoms with Crippen molar-refractivity contribution in [2.24, 2.45) is 11.1 Å². The molecule has 3 amide bonds. The Labute approximate surface area is 209 Å². The molecule has 0 radical (unpaired) electrons. The molecule has 0 aliphatic heterocycles. The standard InChI is InChI=1S/C26H22F5N3O3/c1-15(2)14-32-37-23(16-6-10-18(11-7-16)26(29,30)31)17-8-12-19(13-9-17)33-25(36)34-24(35)22-20(27)4-3-5-21(22)28/h3-15,23H,1-2H3,(H2,33,34,35,36). The van der Waals surface area contributed by atoms with Crippen molar-refractivity contribution >= 4 is 23.8 Å². The molecule has 0 saturated carbocycles. The van der Waals surface area contributed by atoms with E-state index in [1.807, 2.05) is 19.2 Å². The van der Waals surface area contributed by atoms with Gasteiger partial charge in [0, 0.05) is 11.9 Å². The molecule has 0 spiro atoms. The lowest BCUT2D eigenvalue weighted by Gasteiger charge is -2.18. The van der Waals surface area contributed by atoms with Gasteiger partial charge in [0.15, 0.2) is 6.10 Å². The number of amides is 3. The van der Waals surface area contributed by atoms with Gasteiger partial charge in [-0.05, 0) is 53.4 Å². The SMILES string of the molecule is CC(C)C=NOC(c1ccc(NC(=O)NC(=O)c2c(F)cccc2F)cc1)c1ccc(C(F)(F)F)cc1. The van der Waals surface area contributed by atoms with Crippen LogP contribution in [0.15, 0.2) is 71.9 Å². The molecule has 0 fully saturated rings. The first kappa shape index (κ1) is 27.3. The van der Waals surface area contributed by atoms with Gasteiger partial charge in [0.05, 0.1) is 5.56 Å². The number of benzene rings is 3. The van der Waals surface area contributed by atoms with Gasteiger partial charge < -0.3 is 10.2 Å². The van der Waals surface area contributed by atoms with Crippen LogP contribution < -0.4 is 10.6 Å². The molecular weight excluding hydrogens is 497 g/mol. The fourth-order valence-electron chi connectivity index (χ4n) is 3.16. The molecule has 0 heterocycles. The van der Waals surface area contributed by atoms with Crippen LogP contribution in [0.4, 0.5) is 32.4 Å². The Balaban J connectivity index is 1.75. The van der Waals surface area contributed by atoms with Crippen molar-refractivity contribution in [2.75, 3.05) is 5.32 Å². The molecule has 2 N–H and O–H groups in total. The van der Waals surface area contributed by atoms with E-state index in [-0.39, 0.29) is 11.6 Å². The predicted molar refractivity (Wildman–Crippen MR) is 127 cm³/mol. The average Bonchev–Trinajstić information content (AvgIpc) is 2.82. The van der Waals surface area contributed by atoms with Crippen molar-refractivity contribution in [3.63, 3.8) is 0 Å². The molecule has 1 atom stereocenters. The van der Waals surface area contributed by atoms with Crippen LogP contribution in [0.1, 0.15) is 47.0 Å². The molecular formula is C26H22F5N3O3. The van der Waals surface area contributed by atoms with Crippen LogP contribution in [-0.2, 0) is 11.0 Å². The second-order valence-corrected chi connectivity index (χ2v) is 8.23. The smallest absolute Gasteiger partial charge is 0.383 e. The number of halogens is 5. The van der Waals surface area contributed by atoms with Crippen LogP contribution in [0.3, 0.4) is 0 Å². The predicted octanol–water partition coefficient (Wildman–Crippen LogP) is 6.69. The van der Waals surface area contributed by atoms with Gasteiger partial charge in [0.25, 0.3) is 5.91 Å². The topological polar surface area (TPSA) is 79.8 Å². The Morgan fingerprint density at radius 2 is 1.43 bits per heavy atom. The van der Waals surface area contributed by atoms with Crippen LogP contribution in [0.25, 0.3) is 0 Å². The van der Waals surface area contributed by atoms with Gasteiger partial charge >= 0.3 is 12.2 Å². The highest BCUT2D eigenvalue weighted by Gasteiger charge is 2.30. The van der Waals surface area contributed by atoms with E-state index in [1.165, 1.54) is 30.5 Å². The third kappa shape index (κ3) is 7.35. The second-order valence-electron chi connectivity index (χ2n) is 8.23. The largest absolute Gasteiger partial charge is 0.416 e. The van der Waals surface area contributed by atoms with E-state index in [0.717, 1.165) is 30.3 Å². The van der Waals surface area contributed by atoms with E-state index in [2.05, 4.69) is 10.5 Å². The average molecular weight is 519 g/mol. The van der Waals surface area contributed by atoms with E-state index >= 15 is 0 Å². The number of nitrogens with one attached hydrogen (secondary N) is 2. The number of rotatable bonds is 7. The highest BCUT2D eigenvalue weighted by Crippen LogP contribution is 2.32. The molecule has 11 heteroatoms. The van der Waals surface area contributed by atoms with Crippen LogP contribution in [0, 0.1) is 17.6 Å². The van der Waals surface area contributed by atoms with Crippen molar-refractivity contribution in [1.29, 1.82) is 0 Å². The Kier molecular flexibility index (Phi) is 8.59. The molecule has 3 rings (SSSR count). The number of oxime groups is 1. The molecule has 3 aromatic carbocycles. The lowest BCUT2D eigenvalue weighted by molar-refractivity contribution is -0.137. The van der Waals surface area contributed by atoms with E-state index in [4.69, 9.17) is 4.84 Å². The van der Waals surface area contributed by atoms with Crippen LogP contribution >= 0.6 is 0 Å². The van der Waals surface area contributed by atoms with E-state index in [1.54, 1.807) is 12.1 Å². The molecule has 1 unspecified atom stereocenters. The zero-order valence-corrected chi connectivity index (χ0v) is 19.6. The number of carbonyl (C=O) groups excluding carboxylic acids is 2. The lowest BCUT2D eigenvalue weighted by Crippen LogP contribution is -2.35. The zero-order valence-electron chi connectivity index (χ0n) is 19.6. The molecule has 0 bridgehead atoms. The summed E-state index contributed by atoms with van der Waals surface area (Å²) in [6.45, 7) is 3.74. The van der Waals surface area contributed by atoms with Crippen LogP contribution in [0.2, 0.25) is 0 Å². The summed E-state index contributed by atoms with van der Waals surface area (Å²) in [5.74, 6) is -3.43. The molecule has 0 saturated heterocycles. The van der Waals surface area contributed by atoms with Gasteiger partial charge in [-0.15, -0.1) is 0 Å². The Morgan fingerprint density at radius 3 is 1.95 bits per heavy atom. The first-order valence-corrected chi connectivity index (χ1v) is 11.0.